The molecule has 0 fully saturated rings. The predicted octanol–water partition coefficient (Wildman–Crippen LogP) is 5.37. The number of hydrogen-bond acceptors (Lipinski definition) is 8. The van der Waals surface area contributed by atoms with Gasteiger partial charge in [0.25, 0.3) is 0 Å². The fourth-order valence-electron chi connectivity index (χ4n) is 4.50. The molecule has 0 bridgehead atoms. The molecule has 0 aliphatic heterocycles. The SMILES string of the molecule is COc1cc(OC)cc(OCc2ccc(-c3ccc(C(=O)OC(=O)[C@H](CCC(N)=O)NCc4cccc(C)c4)cc3)cc2)c1. The summed E-state index contributed by atoms with van der Waals surface area (Å²) in [5, 5.41) is 3.08. The van der Waals surface area contributed by atoms with Crippen LogP contribution in [0.25, 0.3) is 11.1 Å². The number of methoxy groups -OCH3 is 2. The Labute approximate surface area is 256 Å². The van der Waals surface area contributed by atoms with E-state index in [9.17, 15) is 14.4 Å². The van der Waals surface area contributed by atoms with Crippen LogP contribution in [0.5, 0.6) is 17.2 Å². The molecule has 4 rings (SSSR count). The van der Waals surface area contributed by atoms with E-state index >= 15 is 0 Å². The molecule has 0 heterocycles. The summed E-state index contributed by atoms with van der Waals surface area (Å²) in [6.45, 7) is 2.69. The number of benzene rings is 4. The van der Waals surface area contributed by atoms with Crippen LogP contribution in [0.4, 0.5) is 0 Å². The van der Waals surface area contributed by atoms with E-state index in [1.54, 1.807) is 56.7 Å². The minimum atomic E-state index is -0.875. The van der Waals surface area contributed by atoms with Gasteiger partial charge in [-0.05, 0) is 47.7 Å². The van der Waals surface area contributed by atoms with Gasteiger partial charge in [0.05, 0.1) is 19.8 Å². The van der Waals surface area contributed by atoms with Crippen LogP contribution in [0, 0.1) is 6.92 Å². The first-order chi connectivity index (χ1) is 21.2. The summed E-state index contributed by atoms with van der Waals surface area (Å²) >= 11 is 0. The quantitative estimate of drug-likeness (QED) is 0.147. The first-order valence-corrected chi connectivity index (χ1v) is 14.1. The molecule has 0 radical (unpaired) electrons. The summed E-state index contributed by atoms with van der Waals surface area (Å²) in [6, 6.07) is 26.9. The molecule has 9 heteroatoms. The standard InChI is InChI=1S/C35H36N2O7/c1-23-5-4-6-25(17-23)21-37-32(15-16-33(36)38)35(40)44-34(39)28-13-11-27(12-14-28)26-9-7-24(8-10-26)22-43-31-19-29(41-2)18-30(20-31)42-3/h4-14,17-20,32,37H,15-16,21-22H2,1-3H3,(H2,36,38)/t32-/m0/s1. The molecular formula is C35H36N2O7. The average molecular weight is 597 g/mol. The molecule has 44 heavy (non-hydrogen) atoms. The van der Waals surface area contributed by atoms with Crippen LogP contribution in [-0.4, -0.2) is 38.1 Å². The van der Waals surface area contributed by atoms with Gasteiger partial charge in [-0.2, -0.15) is 0 Å². The van der Waals surface area contributed by atoms with Gasteiger partial charge in [-0.25, -0.2) is 9.59 Å². The molecule has 0 aromatic heterocycles. The number of rotatable bonds is 14. The van der Waals surface area contributed by atoms with Crippen molar-refractivity contribution in [2.45, 2.75) is 39.0 Å². The topological polar surface area (TPSA) is 126 Å². The molecule has 9 nitrogen and oxygen atoms in total. The monoisotopic (exact) mass is 596 g/mol. The maximum Gasteiger partial charge on any atom is 0.345 e. The van der Waals surface area contributed by atoms with E-state index in [2.05, 4.69) is 5.32 Å². The lowest BCUT2D eigenvalue weighted by Crippen LogP contribution is -2.39. The number of aryl methyl sites for hydroxylation is 1. The van der Waals surface area contributed by atoms with E-state index in [-0.39, 0.29) is 18.4 Å². The van der Waals surface area contributed by atoms with Gasteiger partial charge < -0.3 is 30.0 Å². The summed E-state index contributed by atoms with van der Waals surface area (Å²) in [5.74, 6) is -0.163. The van der Waals surface area contributed by atoms with Crippen molar-refractivity contribution in [2.75, 3.05) is 14.2 Å². The second-order valence-corrected chi connectivity index (χ2v) is 10.2. The largest absolute Gasteiger partial charge is 0.496 e. The van der Waals surface area contributed by atoms with Crippen molar-refractivity contribution in [2.24, 2.45) is 5.73 Å². The van der Waals surface area contributed by atoms with Crippen molar-refractivity contribution in [1.29, 1.82) is 0 Å². The van der Waals surface area contributed by atoms with Gasteiger partial charge in [-0.1, -0.05) is 66.2 Å². The maximum atomic E-state index is 12.9. The number of nitrogens with one attached hydrogen (secondary N) is 1. The third kappa shape index (κ3) is 9.17. The number of carbonyl (C=O) groups excluding carboxylic acids is 3. The van der Waals surface area contributed by atoms with Gasteiger partial charge in [0.1, 0.15) is 29.9 Å². The van der Waals surface area contributed by atoms with Crippen LogP contribution in [0.2, 0.25) is 0 Å². The lowest BCUT2D eigenvalue weighted by molar-refractivity contribution is -0.140. The van der Waals surface area contributed by atoms with Crippen molar-refractivity contribution >= 4 is 17.8 Å². The zero-order chi connectivity index (χ0) is 31.5. The molecule has 1 atom stereocenters. The van der Waals surface area contributed by atoms with Crippen LogP contribution in [0.1, 0.15) is 39.9 Å². The number of carbonyl (C=O) groups is 3. The van der Waals surface area contributed by atoms with Crippen LogP contribution in [0.15, 0.2) is 91.0 Å². The lowest BCUT2D eigenvalue weighted by Gasteiger charge is -2.17. The van der Waals surface area contributed by atoms with Crippen molar-refractivity contribution in [3.63, 3.8) is 0 Å². The zero-order valence-corrected chi connectivity index (χ0v) is 25.0. The summed E-state index contributed by atoms with van der Waals surface area (Å²) in [6.07, 6.45) is 0.0884. The first kappa shape index (κ1) is 31.8. The van der Waals surface area contributed by atoms with E-state index < -0.39 is 23.9 Å². The van der Waals surface area contributed by atoms with Gasteiger partial charge in [-0.3, -0.25) is 4.79 Å². The highest BCUT2D eigenvalue weighted by molar-refractivity contribution is 5.98. The maximum absolute atomic E-state index is 12.9. The van der Waals surface area contributed by atoms with Crippen molar-refractivity contribution < 1.29 is 33.3 Å². The molecule has 3 N–H and O–H groups in total. The first-order valence-electron chi connectivity index (χ1n) is 14.1. The summed E-state index contributed by atoms with van der Waals surface area (Å²) < 4.78 is 21.7. The number of hydrogen-bond donors (Lipinski definition) is 2. The van der Waals surface area contributed by atoms with Crippen LogP contribution < -0.4 is 25.3 Å². The summed E-state index contributed by atoms with van der Waals surface area (Å²) in [4.78, 5) is 37.0. The number of ether oxygens (including phenoxy) is 4. The molecule has 0 spiro atoms. The molecule has 4 aromatic rings. The highest BCUT2D eigenvalue weighted by Crippen LogP contribution is 2.28. The fourth-order valence-corrected chi connectivity index (χ4v) is 4.50. The molecule has 228 valence electrons. The molecule has 4 aromatic carbocycles. The smallest absolute Gasteiger partial charge is 0.345 e. The number of esters is 2. The van der Waals surface area contributed by atoms with Gasteiger partial charge >= 0.3 is 11.9 Å². The average Bonchev–Trinajstić information content (AvgIpc) is 3.03. The van der Waals surface area contributed by atoms with Gasteiger partial charge in [-0.15, -0.1) is 0 Å². The highest BCUT2D eigenvalue weighted by atomic mass is 16.6. The van der Waals surface area contributed by atoms with Crippen molar-refractivity contribution in [1.82, 2.24) is 5.32 Å². The second-order valence-electron chi connectivity index (χ2n) is 10.2. The molecule has 0 aliphatic carbocycles. The third-order valence-corrected chi connectivity index (χ3v) is 6.93. The molecule has 0 aliphatic rings. The molecular weight excluding hydrogens is 560 g/mol. The van der Waals surface area contributed by atoms with Gasteiger partial charge in [0, 0.05) is 31.2 Å². The third-order valence-electron chi connectivity index (χ3n) is 6.93. The zero-order valence-electron chi connectivity index (χ0n) is 25.0. The number of nitrogens with two attached hydrogens (primary N) is 1. The predicted molar refractivity (Wildman–Crippen MR) is 166 cm³/mol. The van der Waals surface area contributed by atoms with Crippen LogP contribution in [0.3, 0.4) is 0 Å². The minimum Gasteiger partial charge on any atom is -0.496 e. The Morgan fingerprint density at radius 3 is 1.98 bits per heavy atom. The van der Waals surface area contributed by atoms with Crippen molar-refractivity contribution in [3.05, 3.63) is 113 Å². The lowest BCUT2D eigenvalue weighted by atomic mass is 10.0. The van der Waals surface area contributed by atoms with E-state index in [0.717, 1.165) is 27.8 Å². The minimum absolute atomic E-state index is 0.0237. The fraction of sp³-hybridized carbons (Fsp3) is 0.229. The van der Waals surface area contributed by atoms with Gasteiger partial charge in [0.2, 0.25) is 5.91 Å². The summed E-state index contributed by atoms with van der Waals surface area (Å²) in [7, 11) is 3.17. The van der Waals surface area contributed by atoms with Gasteiger partial charge in [0.15, 0.2) is 0 Å². The number of amides is 1. The van der Waals surface area contributed by atoms with E-state index in [1.807, 2.05) is 55.5 Å². The normalized spacial score (nSPS) is 11.3. The highest BCUT2D eigenvalue weighted by Gasteiger charge is 2.24. The van der Waals surface area contributed by atoms with E-state index in [0.29, 0.717) is 30.4 Å². The Kier molecular flexibility index (Phi) is 11.1. The Morgan fingerprint density at radius 2 is 1.39 bits per heavy atom. The van der Waals surface area contributed by atoms with E-state index in [4.69, 9.17) is 24.7 Å². The Hall–Kier alpha value is -5.15. The van der Waals surface area contributed by atoms with Crippen LogP contribution >= 0.6 is 0 Å². The Bertz CT molecular complexity index is 1560. The summed E-state index contributed by atoms with van der Waals surface area (Å²) in [5.41, 5.74) is 10.4. The second kappa shape index (κ2) is 15.4. The molecule has 0 saturated heterocycles. The van der Waals surface area contributed by atoms with E-state index in [1.165, 1.54) is 0 Å². The van der Waals surface area contributed by atoms with Crippen molar-refractivity contribution in [3.8, 4) is 28.4 Å². The Morgan fingerprint density at radius 1 is 0.773 bits per heavy atom. The Balaban J connectivity index is 1.34. The molecule has 0 unspecified atom stereocenters. The molecule has 1 amide bonds. The molecule has 0 saturated carbocycles. The number of primary amides is 1. The van der Waals surface area contributed by atoms with Crippen LogP contribution in [-0.2, 0) is 27.5 Å².